The fraction of sp³-hybridized carbons (Fsp3) is 0.250. The van der Waals surface area contributed by atoms with Crippen molar-refractivity contribution in [2.45, 2.75) is 20.0 Å². The highest BCUT2D eigenvalue weighted by Crippen LogP contribution is 2.25. The molecule has 0 saturated heterocycles. The topological polar surface area (TPSA) is 129 Å². The number of amides is 1. The van der Waals surface area contributed by atoms with Gasteiger partial charge in [-0.3, -0.25) is 14.9 Å². The summed E-state index contributed by atoms with van der Waals surface area (Å²) in [4.78, 5) is 22.4. The molecule has 2 aromatic rings. The van der Waals surface area contributed by atoms with Gasteiger partial charge in [0.25, 0.3) is 5.91 Å². The standard InChI is InChI=1S/C12H14N6O3/c1-2-17-7-15-16-10(17)6-14-12(19)8-4-3-5-9(13)11(8)18(20)21/h3-5,7H,2,6,13H2,1H3,(H,14,19). The summed E-state index contributed by atoms with van der Waals surface area (Å²) in [6, 6.07) is 4.22. The molecule has 0 spiro atoms. The van der Waals surface area contributed by atoms with Gasteiger partial charge in [0.1, 0.15) is 17.6 Å². The number of aromatic nitrogens is 3. The largest absolute Gasteiger partial charge is 0.393 e. The van der Waals surface area contributed by atoms with E-state index in [4.69, 9.17) is 5.73 Å². The minimum Gasteiger partial charge on any atom is -0.393 e. The maximum absolute atomic E-state index is 12.1. The van der Waals surface area contributed by atoms with Crippen LogP contribution in [0.1, 0.15) is 23.1 Å². The van der Waals surface area contributed by atoms with Gasteiger partial charge in [-0.05, 0) is 19.1 Å². The van der Waals surface area contributed by atoms with E-state index in [9.17, 15) is 14.9 Å². The van der Waals surface area contributed by atoms with Crippen LogP contribution in [0.3, 0.4) is 0 Å². The monoisotopic (exact) mass is 290 g/mol. The summed E-state index contributed by atoms with van der Waals surface area (Å²) in [6.45, 7) is 2.70. The molecule has 9 heteroatoms. The minimum absolute atomic E-state index is 0.0515. The Morgan fingerprint density at radius 2 is 2.29 bits per heavy atom. The first-order valence-corrected chi connectivity index (χ1v) is 6.22. The van der Waals surface area contributed by atoms with Gasteiger partial charge in [0, 0.05) is 6.54 Å². The second-order valence-corrected chi connectivity index (χ2v) is 4.22. The van der Waals surface area contributed by atoms with Gasteiger partial charge in [0.2, 0.25) is 0 Å². The third-order valence-electron chi connectivity index (χ3n) is 2.94. The van der Waals surface area contributed by atoms with Crippen LogP contribution >= 0.6 is 0 Å². The summed E-state index contributed by atoms with van der Waals surface area (Å²) in [5.41, 5.74) is 5.02. The van der Waals surface area contributed by atoms with Crippen molar-refractivity contribution in [3.05, 3.63) is 46.0 Å². The smallest absolute Gasteiger partial charge is 0.304 e. The maximum Gasteiger partial charge on any atom is 0.304 e. The quantitative estimate of drug-likeness (QED) is 0.474. The lowest BCUT2D eigenvalue weighted by Crippen LogP contribution is -2.25. The van der Waals surface area contributed by atoms with Crippen molar-refractivity contribution < 1.29 is 9.72 Å². The number of nitrogens with two attached hydrogens (primary N) is 1. The van der Waals surface area contributed by atoms with Crippen LogP contribution in [0.15, 0.2) is 24.5 Å². The van der Waals surface area contributed by atoms with Gasteiger partial charge >= 0.3 is 5.69 Å². The van der Waals surface area contributed by atoms with Gasteiger partial charge in [-0.25, -0.2) is 0 Å². The van der Waals surface area contributed by atoms with Crippen LogP contribution in [0.5, 0.6) is 0 Å². The number of nitrogens with zero attached hydrogens (tertiary/aromatic N) is 4. The lowest BCUT2D eigenvalue weighted by atomic mass is 10.1. The Hall–Kier alpha value is -2.97. The zero-order valence-electron chi connectivity index (χ0n) is 11.3. The second-order valence-electron chi connectivity index (χ2n) is 4.22. The zero-order valence-corrected chi connectivity index (χ0v) is 11.3. The molecule has 0 bridgehead atoms. The van der Waals surface area contributed by atoms with E-state index in [1.54, 1.807) is 10.9 Å². The van der Waals surface area contributed by atoms with E-state index in [0.717, 1.165) is 0 Å². The van der Waals surface area contributed by atoms with Crippen molar-refractivity contribution in [2.24, 2.45) is 0 Å². The number of hydrogen-bond donors (Lipinski definition) is 2. The van der Waals surface area contributed by atoms with Gasteiger partial charge in [0.05, 0.1) is 11.5 Å². The fourth-order valence-corrected chi connectivity index (χ4v) is 1.88. The third-order valence-corrected chi connectivity index (χ3v) is 2.94. The van der Waals surface area contributed by atoms with Gasteiger partial charge in [-0.15, -0.1) is 10.2 Å². The summed E-state index contributed by atoms with van der Waals surface area (Å²) in [5, 5.41) is 21.2. The molecule has 110 valence electrons. The number of rotatable bonds is 5. The molecule has 0 aliphatic carbocycles. The molecule has 0 saturated carbocycles. The second kappa shape index (κ2) is 5.99. The predicted octanol–water partition coefficient (Wildman–Crippen LogP) is 0.718. The van der Waals surface area contributed by atoms with Crippen LogP contribution in [0, 0.1) is 10.1 Å². The zero-order chi connectivity index (χ0) is 15.4. The van der Waals surface area contributed by atoms with Crippen LogP contribution in [0.25, 0.3) is 0 Å². The summed E-state index contributed by atoms with van der Waals surface area (Å²) in [5.74, 6) is -0.0166. The highest BCUT2D eigenvalue weighted by molar-refractivity contribution is 6.00. The fourth-order valence-electron chi connectivity index (χ4n) is 1.88. The van der Waals surface area contributed by atoms with Crippen LogP contribution < -0.4 is 11.1 Å². The molecule has 1 aromatic heterocycles. The molecule has 3 N–H and O–H groups in total. The highest BCUT2D eigenvalue weighted by Gasteiger charge is 2.23. The molecule has 0 unspecified atom stereocenters. The third kappa shape index (κ3) is 2.96. The first-order chi connectivity index (χ1) is 10.0. The Morgan fingerprint density at radius 1 is 1.52 bits per heavy atom. The van der Waals surface area contributed by atoms with Gasteiger partial charge in [-0.1, -0.05) is 6.07 Å². The normalized spacial score (nSPS) is 10.3. The molecular formula is C12H14N6O3. The Bertz CT molecular complexity index is 681. The first-order valence-electron chi connectivity index (χ1n) is 6.22. The lowest BCUT2D eigenvalue weighted by Gasteiger charge is -2.07. The molecule has 21 heavy (non-hydrogen) atoms. The number of benzene rings is 1. The Kier molecular flexibility index (Phi) is 4.12. The lowest BCUT2D eigenvalue weighted by molar-refractivity contribution is -0.384. The molecule has 1 amide bonds. The van der Waals surface area contributed by atoms with Crippen molar-refractivity contribution >= 4 is 17.3 Å². The molecule has 9 nitrogen and oxygen atoms in total. The first kappa shape index (κ1) is 14.4. The van der Waals surface area contributed by atoms with Gasteiger partial charge in [-0.2, -0.15) is 0 Å². The SMILES string of the molecule is CCn1cnnc1CNC(=O)c1cccc(N)c1[N+](=O)[O-]. The summed E-state index contributed by atoms with van der Waals surface area (Å²) < 4.78 is 1.76. The summed E-state index contributed by atoms with van der Waals surface area (Å²) in [6.07, 6.45) is 1.55. The minimum atomic E-state index is -0.668. The molecule has 1 aromatic carbocycles. The predicted molar refractivity (Wildman–Crippen MR) is 74.4 cm³/mol. The molecule has 0 radical (unpaired) electrons. The summed E-state index contributed by atoms with van der Waals surface area (Å²) in [7, 11) is 0. The van der Waals surface area contributed by atoms with Crippen LogP contribution in [-0.4, -0.2) is 25.6 Å². The molecule has 0 aliphatic heterocycles. The van der Waals surface area contributed by atoms with E-state index >= 15 is 0 Å². The van der Waals surface area contributed by atoms with Crippen LogP contribution in [0.2, 0.25) is 0 Å². The van der Waals surface area contributed by atoms with Crippen LogP contribution in [-0.2, 0) is 13.1 Å². The van der Waals surface area contributed by atoms with Gasteiger partial charge in [0.15, 0.2) is 5.82 Å². The molecular weight excluding hydrogens is 276 g/mol. The summed E-state index contributed by atoms with van der Waals surface area (Å²) >= 11 is 0. The number of carbonyl (C=O) groups is 1. The highest BCUT2D eigenvalue weighted by atomic mass is 16.6. The molecule has 2 rings (SSSR count). The van der Waals surface area contributed by atoms with E-state index in [2.05, 4.69) is 15.5 Å². The molecule has 0 atom stereocenters. The number of aryl methyl sites for hydroxylation is 1. The van der Waals surface area contributed by atoms with Crippen molar-refractivity contribution in [1.82, 2.24) is 20.1 Å². The van der Waals surface area contributed by atoms with E-state index in [-0.39, 0.29) is 17.8 Å². The number of nitro benzene ring substituents is 1. The van der Waals surface area contributed by atoms with Crippen molar-refractivity contribution in [1.29, 1.82) is 0 Å². The van der Waals surface area contributed by atoms with E-state index in [1.807, 2.05) is 6.92 Å². The number of hydrogen-bond acceptors (Lipinski definition) is 6. The van der Waals surface area contributed by atoms with Gasteiger partial charge < -0.3 is 15.6 Å². The number of para-hydroxylation sites is 1. The number of nitrogen functional groups attached to an aromatic ring is 1. The number of nitrogens with one attached hydrogen (secondary N) is 1. The van der Waals surface area contributed by atoms with E-state index in [0.29, 0.717) is 12.4 Å². The van der Waals surface area contributed by atoms with Crippen molar-refractivity contribution in [3.63, 3.8) is 0 Å². The Balaban J connectivity index is 2.18. The molecule has 0 fully saturated rings. The average Bonchev–Trinajstić information content (AvgIpc) is 2.91. The molecule has 1 heterocycles. The number of nitro groups is 1. The number of carbonyl (C=O) groups excluding carboxylic acids is 1. The Morgan fingerprint density at radius 3 is 2.95 bits per heavy atom. The molecule has 0 aliphatic rings. The Labute approximate surface area is 119 Å². The number of anilines is 1. The van der Waals surface area contributed by atoms with E-state index in [1.165, 1.54) is 18.2 Å². The van der Waals surface area contributed by atoms with Crippen molar-refractivity contribution in [3.8, 4) is 0 Å². The van der Waals surface area contributed by atoms with Crippen molar-refractivity contribution in [2.75, 3.05) is 5.73 Å². The van der Waals surface area contributed by atoms with E-state index < -0.39 is 16.5 Å². The maximum atomic E-state index is 12.1. The van der Waals surface area contributed by atoms with Crippen LogP contribution in [0.4, 0.5) is 11.4 Å². The average molecular weight is 290 g/mol.